The van der Waals surface area contributed by atoms with Gasteiger partial charge in [0.05, 0.1) is 9.35 Å². The van der Waals surface area contributed by atoms with Crippen LogP contribution in [-0.2, 0) is 0 Å². The van der Waals surface area contributed by atoms with E-state index < -0.39 is 0 Å². The average molecular weight is 258 g/mol. The first-order valence-corrected chi connectivity index (χ1v) is 5.63. The largest absolute Gasteiger partial charge is 0.331 e. The van der Waals surface area contributed by atoms with Crippen molar-refractivity contribution < 1.29 is 4.79 Å². The van der Waals surface area contributed by atoms with Gasteiger partial charge in [0.25, 0.3) is 5.91 Å². The summed E-state index contributed by atoms with van der Waals surface area (Å²) in [6, 6.07) is 1.86. The molecule has 0 aromatic carbocycles. The molecular formula is C9H8BrNOS. The molecule has 0 fully saturated rings. The van der Waals surface area contributed by atoms with Crippen LogP contribution in [0.15, 0.2) is 27.4 Å². The molecule has 68 valence electrons. The Labute approximate surface area is 89.0 Å². The van der Waals surface area contributed by atoms with Gasteiger partial charge in [-0.25, -0.2) is 0 Å². The van der Waals surface area contributed by atoms with Gasteiger partial charge in [-0.1, -0.05) is 12.2 Å². The molecule has 0 spiro atoms. The van der Waals surface area contributed by atoms with Crippen LogP contribution in [0, 0.1) is 0 Å². The summed E-state index contributed by atoms with van der Waals surface area (Å²) in [6.45, 7) is 1.47. The summed E-state index contributed by atoms with van der Waals surface area (Å²) in [5.41, 5.74) is 0.772. The van der Waals surface area contributed by atoms with Crippen molar-refractivity contribution >= 4 is 33.2 Å². The summed E-state index contributed by atoms with van der Waals surface area (Å²) in [5.74, 6) is 0.109. The van der Waals surface area contributed by atoms with Gasteiger partial charge in [-0.3, -0.25) is 4.79 Å². The summed E-state index contributed by atoms with van der Waals surface area (Å²) in [5, 5.41) is 1.92. The fourth-order valence-electron chi connectivity index (χ4n) is 1.26. The van der Waals surface area contributed by atoms with E-state index in [9.17, 15) is 4.79 Å². The molecule has 1 aromatic heterocycles. The number of carbonyl (C=O) groups excluding carboxylic acids is 1. The Kier molecular flexibility index (Phi) is 2.51. The number of carbonyl (C=O) groups is 1. The minimum atomic E-state index is 0.109. The molecule has 13 heavy (non-hydrogen) atoms. The van der Waals surface area contributed by atoms with Gasteiger partial charge in [0.1, 0.15) is 0 Å². The van der Waals surface area contributed by atoms with E-state index in [4.69, 9.17) is 0 Å². The minimum absolute atomic E-state index is 0.109. The SMILES string of the molecule is O=C(c1ccsc1Br)N1CC=CC1. The van der Waals surface area contributed by atoms with Crippen LogP contribution in [0.2, 0.25) is 0 Å². The molecule has 0 bridgehead atoms. The number of rotatable bonds is 1. The van der Waals surface area contributed by atoms with Crippen LogP contribution in [0.5, 0.6) is 0 Å². The van der Waals surface area contributed by atoms with Crippen LogP contribution >= 0.6 is 27.3 Å². The lowest BCUT2D eigenvalue weighted by Gasteiger charge is -2.14. The number of amides is 1. The Bertz CT molecular complexity index is 350. The zero-order valence-electron chi connectivity index (χ0n) is 6.87. The summed E-state index contributed by atoms with van der Waals surface area (Å²) in [4.78, 5) is 13.6. The third-order valence-electron chi connectivity index (χ3n) is 1.95. The lowest BCUT2D eigenvalue weighted by Crippen LogP contribution is -2.27. The first-order valence-electron chi connectivity index (χ1n) is 3.96. The third-order valence-corrected chi connectivity index (χ3v) is 3.64. The lowest BCUT2D eigenvalue weighted by atomic mass is 10.3. The molecule has 4 heteroatoms. The van der Waals surface area contributed by atoms with Crippen molar-refractivity contribution in [2.24, 2.45) is 0 Å². The first kappa shape index (κ1) is 8.97. The molecule has 0 saturated heterocycles. The Morgan fingerprint density at radius 1 is 1.46 bits per heavy atom. The maximum atomic E-state index is 11.8. The molecule has 0 atom stereocenters. The number of hydrogen-bond donors (Lipinski definition) is 0. The van der Waals surface area contributed by atoms with Crippen LogP contribution in [0.1, 0.15) is 10.4 Å². The molecule has 2 rings (SSSR count). The molecule has 0 N–H and O–H groups in total. The van der Waals surface area contributed by atoms with Gasteiger partial charge in [0, 0.05) is 13.1 Å². The van der Waals surface area contributed by atoms with Crippen molar-refractivity contribution in [1.82, 2.24) is 4.90 Å². The number of thiophene rings is 1. The van der Waals surface area contributed by atoms with Crippen LogP contribution in [0.3, 0.4) is 0 Å². The Hall–Kier alpha value is -0.610. The van der Waals surface area contributed by atoms with E-state index >= 15 is 0 Å². The molecule has 0 radical (unpaired) electrons. The van der Waals surface area contributed by atoms with E-state index in [2.05, 4.69) is 15.9 Å². The molecule has 0 saturated carbocycles. The molecule has 2 heterocycles. The Balaban J connectivity index is 2.18. The molecule has 2 nitrogen and oxygen atoms in total. The van der Waals surface area contributed by atoms with Gasteiger partial charge in [-0.15, -0.1) is 11.3 Å². The zero-order chi connectivity index (χ0) is 9.26. The Morgan fingerprint density at radius 2 is 2.15 bits per heavy atom. The van der Waals surface area contributed by atoms with E-state index in [1.807, 2.05) is 28.5 Å². The monoisotopic (exact) mass is 257 g/mol. The van der Waals surface area contributed by atoms with E-state index in [-0.39, 0.29) is 5.91 Å². The average Bonchev–Trinajstić information content (AvgIpc) is 2.72. The van der Waals surface area contributed by atoms with Crippen LogP contribution in [-0.4, -0.2) is 23.9 Å². The summed E-state index contributed by atoms with van der Waals surface area (Å²) in [7, 11) is 0. The van der Waals surface area contributed by atoms with Gasteiger partial charge in [-0.05, 0) is 27.4 Å². The second-order valence-corrected chi connectivity index (χ2v) is 5.02. The molecule has 0 aliphatic carbocycles. The predicted octanol–water partition coefficient (Wildman–Crippen LogP) is 2.52. The van der Waals surface area contributed by atoms with E-state index in [1.165, 1.54) is 0 Å². The standard InChI is InChI=1S/C9H8BrNOS/c10-8-7(3-6-13-8)9(12)11-4-1-2-5-11/h1-3,6H,4-5H2. The molecule has 1 aromatic rings. The third kappa shape index (κ3) is 1.69. The molecule has 1 aliphatic rings. The summed E-state index contributed by atoms with van der Waals surface area (Å²) >= 11 is 4.90. The fraction of sp³-hybridized carbons (Fsp3) is 0.222. The smallest absolute Gasteiger partial charge is 0.256 e. The van der Waals surface area contributed by atoms with Crippen molar-refractivity contribution in [3.63, 3.8) is 0 Å². The van der Waals surface area contributed by atoms with Gasteiger partial charge in [-0.2, -0.15) is 0 Å². The summed E-state index contributed by atoms with van der Waals surface area (Å²) in [6.07, 6.45) is 4.02. The van der Waals surface area contributed by atoms with Crippen LogP contribution in [0.25, 0.3) is 0 Å². The fourth-order valence-corrected chi connectivity index (χ4v) is 2.49. The second-order valence-electron chi connectivity index (χ2n) is 2.79. The Morgan fingerprint density at radius 3 is 2.69 bits per heavy atom. The number of halogens is 1. The predicted molar refractivity (Wildman–Crippen MR) is 57.1 cm³/mol. The molecule has 1 amide bonds. The van der Waals surface area contributed by atoms with E-state index in [0.29, 0.717) is 0 Å². The van der Waals surface area contributed by atoms with Crippen molar-refractivity contribution in [2.75, 3.05) is 13.1 Å². The van der Waals surface area contributed by atoms with Gasteiger partial charge in [0.2, 0.25) is 0 Å². The van der Waals surface area contributed by atoms with Crippen LogP contribution in [0.4, 0.5) is 0 Å². The maximum absolute atomic E-state index is 11.8. The molecule has 0 unspecified atom stereocenters. The first-order chi connectivity index (χ1) is 6.29. The van der Waals surface area contributed by atoms with E-state index in [1.54, 1.807) is 11.3 Å². The zero-order valence-corrected chi connectivity index (χ0v) is 9.27. The van der Waals surface area contributed by atoms with Crippen molar-refractivity contribution in [3.8, 4) is 0 Å². The highest BCUT2D eigenvalue weighted by Crippen LogP contribution is 2.25. The number of nitrogens with zero attached hydrogens (tertiary/aromatic N) is 1. The quantitative estimate of drug-likeness (QED) is 0.709. The minimum Gasteiger partial charge on any atom is -0.331 e. The lowest BCUT2D eigenvalue weighted by molar-refractivity contribution is 0.0800. The van der Waals surface area contributed by atoms with Gasteiger partial charge >= 0.3 is 0 Å². The second kappa shape index (κ2) is 3.64. The van der Waals surface area contributed by atoms with Gasteiger partial charge < -0.3 is 4.90 Å². The summed E-state index contributed by atoms with van der Waals surface area (Å²) < 4.78 is 0.921. The van der Waals surface area contributed by atoms with Crippen molar-refractivity contribution in [1.29, 1.82) is 0 Å². The van der Waals surface area contributed by atoms with Gasteiger partial charge in [0.15, 0.2) is 0 Å². The van der Waals surface area contributed by atoms with E-state index in [0.717, 1.165) is 22.4 Å². The van der Waals surface area contributed by atoms with Crippen molar-refractivity contribution in [3.05, 3.63) is 32.9 Å². The van der Waals surface area contributed by atoms with Crippen molar-refractivity contribution in [2.45, 2.75) is 0 Å². The normalized spacial score (nSPS) is 15.3. The maximum Gasteiger partial charge on any atom is 0.256 e. The molecule has 1 aliphatic heterocycles. The highest BCUT2D eigenvalue weighted by Gasteiger charge is 2.18. The highest BCUT2D eigenvalue weighted by atomic mass is 79.9. The topological polar surface area (TPSA) is 20.3 Å². The van der Waals surface area contributed by atoms with Crippen LogP contribution < -0.4 is 0 Å². The molecular weight excluding hydrogens is 250 g/mol. The highest BCUT2D eigenvalue weighted by molar-refractivity contribution is 9.11. The number of hydrogen-bond acceptors (Lipinski definition) is 2.